The lowest BCUT2D eigenvalue weighted by Crippen LogP contribution is -2.25. The summed E-state index contributed by atoms with van der Waals surface area (Å²) in [7, 11) is 0. The lowest BCUT2D eigenvalue weighted by molar-refractivity contribution is 0.669. The summed E-state index contributed by atoms with van der Waals surface area (Å²) in [6.07, 6.45) is 0. The van der Waals surface area contributed by atoms with Crippen molar-refractivity contribution in [2.75, 3.05) is 4.90 Å². The summed E-state index contributed by atoms with van der Waals surface area (Å²) in [4.78, 5) is 2.49. The molecule has 2 aliphatic carbocycles. The maximum Gasteiger partial charge on any atom is 0.136 e. The molecule has 0 fully saturated rings. The second-order valence-corrected chi connectivity index (χ2v) is 18.3. The molecule has 12 aromatic rings. The fraction of sp³-hybridized carbons (Fsp3) is 0.0149. The molecular formula is C67H43NO. The predicted molar refractivity (Wildman–Crippen MR) is 286 cm³/mol. The highest BCUT2D eigenvalue weighted by Crippen LogP contribution is 2.63. The first-order valence-corrected chi connectivity index (χ1v) is 23.8. The van der Waals surface area contributed by atoms with Gasteiger partial charge in [-0.05, 0) is 132 Å². The highest BCUT2D eigenvalue weighted by molar-refractivity contribution is 6.06. The van der Waals surface area contributed by atoms with E-state index in [2.05, 4.69) is 254 Å². The fourth-order valence-electron chi connectivity index (χ4n) is 11.8. The van der Waals surface area contributed by atoms with Crippen LogP contribution >= 0.6 is 0 Å². The molecule has 14 rings (SSSR count). The highest BCUT2D eigenvalue weighted by Gasteiger charge is 2.51. The van der Waals surface area contributed by atoms with Crippen molar-refractivity contribution in [3.05, 3.63) is 283 Å². The number of rotatable bonds is 7. The SMILES string of the molecule is c1ccc(-c2ccccc2-c2c(-c3ccccc3)cccc2N(c2ccc(-c3ccc4c(c3)oc3ccccc34)cc2)c2ccc3c(c2)-c2ccccc2C32c3ccccc3-c3ccccc32)cc1. The Morgan fingerprint density at radius 3 is 1.45 bits per heavy atom. The molecule has 322 valence electrons. The monoisotopic (exact) mass is 877 g/mol. The van der Waals surface area contributed by atoms with E-state index in [1.54, 1.807) is 0 Å². The predicted octanol–water partition coefficient (Wildman–Crippen LogP) is 18.1. The first-order valence-electron chi connectivity index (χ1n) is 23.8. The van der Waals surface area contributed by atoms with Gasteiger partial charge in [-0.3, -0.25) is 0 Å². The summed E-state index contributed by atoms with van der Waals surface area (Å²) in [6.45, 7) is 0. The van der Waals surface area contributed by atoms with E-state index in [1.807, 2.05) is 12.1 Å². The Hall–Kier alpha value is -8.98. The van der Waals surface area contributed by atoms with E-state index < -0.39 is 5.41 Å². The van der Waals surface area contributed by atoms with Gasteiger partial charge in [-0.1, -0.05) is 212 Å². The topological polar surface area (TPSA) is 16.4 Å². The van der Waals surface area contributed by atoms with E-state index >= 15 is 0 Å². The minimum atomic E-state index is -0.432. The van der Waals surface area contributed by atoms with Gasteiger partial charge in [0, 0.05) is 27.7 Å². The summed E-state index contributed by atoms with van der Waals surface area (Å²) in [6, 6.07) is 95.7. The summed E-state index contributed by atoms with van der Waals surface area (Å²) in [5.74, 6) is 0. The zero-order valence-corrected chi connectivity index (χ0v) is 37.7. The number of fused-ring (bicyclic) bond motifs is 13. The van der Waals surface area contributed by atoms with Crippen molar-refractivity contribution in [1.29, 1.82) is 0 Å². The standard InChI is InChI=1S/C67H43NO/c1-3-18-45(19-4-1)50-22-7-8-27-57(50)66-51(46-20-5-2-6-21-46)28-17-32-63(66)68(48-37-34-44(35-38-48)47-36-40-56-55-26-12-16-33-64(55)69-65(56)42-47)49-39-41-62-58(43-49)54-25-11-15-31-61(54)67(62)59-29-13-9-23-52(59)53-24-10-14-30-60(53)67/h1-43H. The van der Waals surface area contributed by atoms with Crippen LogP contribution in [-0.2, 0) is 5.41 Å². The average molecular weight is 878 g/mol. The number of anilines is 3. The molecule has 0 aliphatic heterocycles. The fourth-order valence-corrected chi connectivity index (χ4v) is 11.8. The maximum absolute atomic E-state index is 6.36. The molecule has 0 saturated carbocycles. The van der Waals surface area contributed by atoms with Gasteiger partial charge in [0.1, 0.15) is 11.2 Å². The van der Waals surface area contributed by atoms with Crippen LogP contribution in [0.15, 0.2) is 265 Å². The summed E-state index contributed by atoms with van der Waals surface area (Å²) >= 11 is 0. The first-order chi connectivity index (χ1) is 34.2. The molecule has 2 aliphatic rings. The smallest absolute Gasteiger partial charge is 0.136 e. The van der Waals surface area contributed by atoms with Crippen LogP contribution in [-0.4, -0.2) is 0 Å². The quantitative estimate of drug-likeness (QED) is 0.159. The largest absolute Gasteiger partial charge is 0.456 e. The van der Waals surface area contributed by atoms with Gasteiger partial charge in [0.05, 0.1) is 11.1 Å². The third-order valence-electron chi connectivity index (χ3n) is 14.7. The van der Waals surface area contributed by atoms with Crippen molar-refractivity contribution in [1.82, 2.24) is 0 Å². The maximum atomic E-state index is 6.36. The Kier molecular flexibility index (Phi) is 8.84. The van der Waals surface area contributed by atoms with Crippen molar-refractivity contribution in [2.24, 2.45) is 0 Å². The molecule has 11 aromatic carbocycles. The van der Waals surface area contributed by atoms with Gasteiger partial charge in [0.15, 0.2) is 0 Å². The van der Waals surface area contributed by atoms with Gasteiger partial charge in [0.25, 0.3) is 0 Å². The normalized spacial score (nSPS) is 12.8. The Morgan fingerprint density at radius 1 is 0.275 bits per heavy atom. The van der Waals surface area contributed by atoms with Crippen LogP contribution in [0, 0.1) is 0 Å². The van der Waals surface area contributed by atoms with Crippen LogP contribution in [0.2, 0.25) is 0 Å². The molecule has 0 amide bonds. The molecule has 2 heteroatoms. The summed E-state index contributed by atoms with van der Waals surface area (Å²) in [5.41, 5.74) is 24.3. The van der Waals surface area contributed by atoms with Crippen LogP contribution < -0.4 is 4.90 Å². The number of nitrogens with zero attached hydrogens (tertiary/aromatic N) is 1. The van der Waals surface area contributed by atoms with Gasteiger partial charge in [0.2, 0.25) is 0 Å². The van der Waals surface area contributed by atoms with Crippen LogP contribution in [0.4, 0.5) is 17.1 Å². The van der Waals surface area contributed by atoms with Crippen LogP contribution in [0.1, 0.15) is 22.3 Å². The number of para-hydroxylation sites is 1. The molecule has 2 nitrogen and oxygen atoms in total. The van der Waals surface area contributed by atoms with Crippen LogP contribution in [0.25, 0.3) is 88.7 Å². The second kappa shape index (κ2) is 15.6. The Labute approximate surface area is 401 Å². The van der Waals surface area contributed by atoms with E-state index in [4.69, 9.17) is 4.42 Å². The molecule has 0 unspecified atom stereocenters. The molecule has 1 aromatic heterocycles. The number of furan rings is 1. The summed E-state index contributed by atoms with van der Waals surface area (Å²) < 4.78 is 6.36. The number of hydrogen-bond donors (Lipinski definition) is 0. The second-order valence-electron chi connectivity index (χ2n) is 18.3. The minimum absolute atomic E-state index is 0.432. The Morgan fingerprint density at radius 2 is 0.768 bits per heavy atom. The molecular weight excluding hydrogens is 835 g/mol. The van der Waals surface area contributed by atoms with Crippen LogP contribution in [0.3, 0.4) is 0 Å². The van der Waals surface area contributed by atoms with Gasteiger partial charge in [-0.2, -0.15) is 0 Å². The minimum Gasteiger partial charge on any atom is -0.456 e. The third kappa shape index (κ3) is 5.92. The van der Waals surface area contributed by atoms with E-state index in [0.29, 0.717) is 0 Å². The summed E-state index contributed by atoms with van der Waals surface area (Å²) in [5, 5.41) is 2.26. The molecule has 0 N–H and O–H groups in total. The van der Waals surface area contributed by atoms with E-state index in [1.165, 1.54) is 72.3 Å². The first kappa shape index (κ1) is 39.2. The van der Waals surface area contributed by atoms with Crippen molar-refractivity contribution >= 4 is 39.0 Å². The third-order valence-corrected chi connectivity index (χ3v) is 14.7. The van der Waals surface area contributed by atoms with E-state index in [-0.39, 0.29) is 0 Å². The molecule has 69 heavy (non-hydrogen) atoms. The van der Waals surface area contributed by atoms with Gasteiger partial charge in [-0.15, -0.1) is 0 Å². The van der Waals surface area contributed by atoms with Crippen LogP contribution in [0.5, 0.6) is 0 Å². The molecule has 0 bridgehead atoms. The highest BCUT2D eigenvalue weighted by atomic mass is 16.3. The number of hydrogen-bond acceptors (Lipinski definition) is 2. The number of benzene rings is 11. The van der Waals surface area contributed by atoms with Crippen molar-refractivity contribution in [3.8, 4) is 66.8 Å². The molecule has 0 atom stereocenters. The zero-order chi connectivity index (χ0) is 45.5. The molecule has 0 radical (unpaired) electrons. The van der Waals surface area contributed by atoms with Gasteiger partial charge < -0.3 is 9.32 Å². The molecule has 1 spiro atoms. The zero-order valence-electron chi connectivity index (χ0n) is 37.7. The van der Waals surface area contributed by atoms with Gasteiger partial charge in [-0.25, -0.2) is 0 Å². The van der Waals surface area contributed by atoms with Crippen molar-refractivity contribution < 1.29 is 4.42 Å². The lowest BCUT2D eigenvalue weighted by atomic mass is 9.70. The van der Waals surface area contributed by atoms with E-state index in [0.717, 1.165) is 55.7 Å². The van der Waals surface area contributed by atoms with Crippen molar-refractivity contribution in [3.63, 3.8) is 0 Å². The van der Waals surface area contributed by atoms with Gasteiger partial charge >= 0.3 is 0 Å². The Bertz CT molecular complexity index is 3910. The Balaban J connectivity index is 1.01. The van der Waals surface area contributed by atoms with Crippen molar-refractivity contribution in [2.45, 2.75) is 5.41 Å². The lowest BCUT2D eigenvalue weighted by Gasteiger charge is -2.32. The molecule has 0 saturated heterocycles. The average Bonchev–Trinajstić information content (AvgIpc) is 4.05. The molecule has 1 heterocycles. The van der Waals surface area contributed by atoms with E-state index in [9.17, 15) is 0 Å².